The van der Waals surface area contributed by atoms with Crippen LogP contribution in [0.2, 0.25) is 0 Å². The Labute approximate surface area is 567 Å². The van der Waals surface area contributed by atoms with Crippen LogP contribution in [0.1, 0.15) is 51.4 Å². The van der Waals surface area contributed by atoms with Crippen LogP contribution in [0.4, 0.5) is 0 Å². The molecule has 4 aliphatic heterocycles. The number of rotatable bonds is 44. The zero-order valence-electron chi connectivity index (χ0n) is 51.4. The second-order valence-electron chi connectivity index (χ2n) is 22.7. The molecule has 39 heteroatoms. The zero-order chi connectivity index (χ0) is 67.5. The van der Waals surface area contributed by atoms with Gasteiger partial charge in [-0.25, -0.2) is 0 Å². The minimum atomic E-state index is -1.69. The molecule has 0 aliphatic carbocycles. The van der Waals surface area contributed by atoms with Crippen molar-refractivity contribution in [3.8, 4) is 0 Å². The number of aliphatic hydroxyl groups is 16. The van der Waals surface area contributed by atoms with Crippen molar-refractivity contribution >= 4 is 29.7 Å². The molecule has 38 nitrogen and oxygen atoms in total. The van der Waals surface area contributed by atoms with Crippen LogP contribution in [-0.2, 0) is 67.3 Å². The van der Waals surface area contributed by atoms with E-state index in [1.54, 1.807) is 0 Å². The van der Waals surface area contributed by atoms with Gasteiger partial charge < -0.3 is 150 Å². The van der Waals surface area contributed by atoms with E-state index in [0.717, 1.165) is 0 Å². The standard InChI is InChI=1S/C54H97N5O32.Gd.O/c60-26-30-39(72)43(76)47(80)51(88-30)84-17-5-1-9-58(10-2-6-18-85-52-48(81)44(77)40(73)31(27-61)89-52)34(64)21-56(24-37(68)69)15-13-55(23-36(66)67)14-16-57(25-38(70)71)22-35(65)59(11-3-7-19-86-53-49(82)45(78)41(74)32(28-62)90-53)12-4-8-20-87-54-50(83)46(79)42(75)33(29-63)91-54;;/h30-33,39-54,60-63,72-83H,1-29H2,(H,66,67)(H,68,69)(H,70,71);;/q;+3;-2/t30-,31-,32+,33+,39-,40-,41+,42+,43+,44+,45-,46-,47+,48+,49-,50-,51?,52?,53?,54?;;. The number of unbranched alkanes of at least 4 members (excludes halogenated alkanes) is 4. The molecule has 0 spiro atoms. The second-order valence-corrected chi connectivity index (χ2v) is 22.7. The van der Waals surface area contributed by atoms with E-state index >= 15 is 0 Å². The summed E-state index contributed by atoms with van der Waals surface area (Å²) < 4.78 is 43.9. The third-order valence-corrected chi connectivity index (χ3v) is 15.8. The topological polar surface area (TPSA) is 588 Å². The van der Waals surface area contributed by atoms with Crippen LogP contribution in [0.5, 0.6) is 0 Å². The van der Waals surface area contributed by atoms with Crippen molar-refractivity contribution in [1.82, 2.24) is 24.5 Å². The SMILES string of the molecule is O=C(O)CN(CCN(CC(=O)O)CC(=O)N(CCCCOC1O[C@H](CO)[C@@H](O)[C@H](O)[C@@H]1O)CCCCOC1O[C@H](CO)[C@@H](O)[C@H](O)[C@@H]1O)CCN(CC(=O)O)CC(=O)N(CCCCOC1O[C@@H](CO)[C@H](O)[C@@H](O)[C@H]1O)CCCCOC1O[C@@H](CO)[C@H](O)[C@@H](O)[C@H]1O.[Gd+3].[O-2]. The maximum atomic E-state index is 14.1. The van der Waals surface area contributed by atoms with E-state index < -0.39 is 212 Å². The number of carboxylic acid groups (broad SMARTS) is 3. The second kappa shape index (κ2) is 45.3. The van der Waals surface area contributed by atoms with Crippen molar-refractivity contribution in [2.24, 2.45) is 0 Å². The predicted molar refractivity (Wildman–Crippen MR) is 302 cm³/mol. The number of carbonyl (C=O) groups is 5. The van der Waals surface area contributed by atoms with Crippen molar-refractivity contribution in [3.63, 3.8) is 0 Å². The fourth-order valence-corrected chi connectivity index (χ4v) is 10.4. The number of amides is 2. The Hall–Kier alpha value is -2.45. The van der Waals surface area contributed by atoms with Gasteiger partial charge >= 0.3 is 57.8 Å². The fraction of sp³-hybridized carbons (Fsp3) is 0.907. The van der Waals surface area contributed by atoms with Crippen molar-refractivity contribution in [2.45, 2.75) is 174 Å². The number of nitrogens with zero attached hydrogens (tertiary/aromatic N) is 5. The van der Waals surface area contributed by atoms with Crippen LogP contribution >= 0.6 is 0 Å². The molecule has 4 aliphatic rings. The fourth-order valence-electron chi connectivity index (χ4n) is 10.4. The Morgan fingerprint density at radius 2 is 0.516 bits per heavy atom. The first kappa shape index (κ1) is 86.6. The van der Waals surface area contributed by atoms with Gasteiger partial charge in [-0.2, -0.15) is 0 Å². The summed E-state index contributed by atoms with van der Waals surface area (Å²) in [6.07, 6.45) is -28.6. The van der Waals surface area contributed by atoms with Crippen molar-refractivity contribution in [2.75, 3.05) is 138 Å². The van der Waals surface area contributed by atoms with Gasteiger partial charge in [0.2, 0.25) is 11.8 Å². The molecule has 93 heavy (non-hydrogen) atoms. The minimum absolute atomic E-state index is 0. The Morgan fingerprint density at radius 1 is 0.301 bits per heavy atom. The van der Waals surface area contributed by atoms with Crippen LogP contribution in [0.3, 0.4) is 0 Å². The molecule has 0 bridgehead atoms. The molecule has 0 aromatic rings. The molecule has 4 unspecified atom stereocenters. The van der Waals surface area contributed by atoms with Gasteiger partial charge in [-0.3, -0.25) is 38.7 Å². The monoisotopic (exact) mass is 1500 g/mol. The molecule has 4 saturated heterocycles. The largest absolute Gasteiger partial charge is 3.00 e. The van der Waals surface area contributed by atoms with Crippen LogP contribution in [0, 0.1) is 39.9 Å². The summed E-state index contributed by atoms with van der Waals surface area (Å²) in [6, 6.07) is 0. The molecule has 0 saturated carbocycles. The van der Waals surface area contributed by atoms with Gasteiger partial charge in [0.05, 0.1) is 59.2 Å². The smallest absolute Gasteiger partial charge is 2.00 e. The summed E-state index contributed by atoms with van der Waals surface area (Å²) >= 11 is 0. The van der Waals surface area contributed by atoms with E-state index in [2.05, 4.69) is 0 Å². The number of ether oxygens (including phenoxy) is 8. The van der Waals surface area contributed by atoms with E-state index in [-0.39, 0.29) is 176 Å². The summed E-state index contributed by atoms with van der Waals surface area (Å²) in [5.41, 5.74) is 0. The molecule has 1 radical (unpaired) electrons. The number of carboxylic acids is 3. The first-order valence-electron chi connectivity index (χ1n) is 30.3. The van der Waals surface area contributed by atoms with Gasteiger partial charge in [0.25, 0.3) is 0 Å². The minimum Gasteiger partial charge on any atom is -2.00 e. The molecular formula is C54H97GdN5O33+. The van der Waals surface area contributed by atoms with Crippen molar-refractivity contribution in [1.29, 1.82) is 0 Å². The Kier molecular flexibility index (Phi) is 42.2. The molecule has 0 aromatic heterocycles. The normalized spacial score (nSPS) is 31.4. The number of aliphatic carboxylic acids is 3. The summed E-state index contributed by atoms with van der Waals surface area (Å²) in [4.78, 5) is 71.6. The van der Waals surface area contributed by atoms with Crippen LogP contribution in [0.15, 0.2) is 0 Å². The zero-order valence-corrected chi connectivity index (χ0v) is 53.6. The first-order chi connectivity index (χ1) is 43.3. The molecular weight excluding hydrogens is 1400 g/mol. The van der Waals surface area contributed by atoms with Crippen molar-refractivity contribution < 1.29 is 204 Å². The molecule has 0 aromatic carbocycles. The van der Waals surface area contributed by atoms with Crippen LogP contribution in [0.25, 0.3) is 0 Å². The van der Waals surface area contributed by atoms with Crippen LogP contribution in [-0.4, -0.2) is 412 Å². The van der Waals surface area contributed by atoms with E-state index in [1.165, 1.54) is 24.5 Å². The Balaban J connectivity index is 0.0000147. The van der Waals surface area contributed by atoms with Gasteiger partial charge in [-0.05, 0) is 51.4 Å². The summed E-state index contributed by atoms with van der Waals surface area (Å²) in [6.45, 7) is -6.79. The Bertz CT molecular complexity index is 1900. The molecule has 4 fully saturated rings. The molecule has 543 valence electrons. The quantitative estimate of drug-likeness (QED) is 0.0252. The van der Waals surface area contributed by atoms with E-state index in [4.69, 9.17) is 37.9 Å². The number of hydrogen-bond donors (Lipinski definition) is 19. The molecule has 2 amide bonds. The molecule has 20 atom stereocenters. The third-order valence-electron chi connectivity index (χ3n) is 15.8. The number of carbonyl (C=O) groups excluding carboxylic acids is 2. The molecule has 19 N–H and O–H groups in total. The summed E-state index contributed by atoms with van der Waals surface area (Å²) in [7, 11) is 0. The number of hydrogen-bond acceptors (Lipinski definition) is 32. The van der Waals surface area contributed by atoms with Gasteiger partial charge in [0.1, 0.15) is 97.7 Å². The van der Waals surface area contributed by atoms with E-state index in [9.17, 15) is 121 Å². The van der Waals surface area contributed by atoms with E-state index in [1.807, 2.05) is 0 Å². The first-order valence-corrected chi connectivity index (χ1v) is 30.3. The maximum absolute atomic E-state index is 14.1. The predicted octanol–water partition coefficient (Wildman–Crippen LogP) is -10.9. The summed E-state index contributed by atoms with van der Waals surface area (Å²) in [5, 5.41) is 191. The third kappa shape index (κ3) is 28.4. The Morgan fingerprint density at radius 3 is 0.731 bits per heavy atom. The summed E-state index contributed by atoms with van der Waals surface area (Å²) in [5.74, 6) is -5.17. The maximum Gasteiger partial charge on any atom is 3.00 e. The van der Waals surface area contributed by atoms with Gasteiger partial charge in [-0.15, -0.1) is 0 Å². The van der Waals surface area contributed by atoms with Gasteiger partial charge in [-0.1, -0.05) is 0 Å². The molecule has 4 heterocycles. The van der Waals surface area contributed by atoms with Gasteiger partial charge in [0.15, 0.2) is 25.2 Å². The molecule has 4 rings (SSSR count). The average Bonchev–Trinajstić information content (AvgIpc) is 0.872. The number of aliphatic hydroxyl groups excluding tert-OH is 16. The average molecular weight is 1500 g/mol. The van der Waals surface area contributed by atoms with E-state index in [0.29, 0.717) is 0 Å². The van der Waals surface area contributed by atoms with Gasteiger partial charge in [0, 0.05) is 78.8 Å². The van der Waals surface area contributed by atoms with Crippen molar-refractivity contribution in [3.05, 3.63) is 0 Å². The van der Waals surface area contributed by atoms with Crippen LogP contribution < -0.4 is 0 Å².